The lowest BCUT2D eigenvalue weighted by Crippen LogP contribution is -2.39. The van der Waals surface area contributed by atoms with Crippen molar-refractivity contribution in [3.8, 4) is 0 Å². The van der Waals surface area contributed by atoms with Crippen LogP contribution in [0.2, 0.25) is 0 Å². The lowest BCUT2D eigenvalue weighted by molar-refractivity contribution is -0.119. The molecular weight excluding hydrogens is 276 g/mol. The third-order valence-corrected chi connectivity index (χ3v) is 4.63. The fraction of sp³-hybridized carbons (Fsp3) is 0.769. The van der Waals surface area contributed by atoms with Gasteiger partial charge in [0.15, 0.2) is 5.16 Å². The van der Waals surface area contributed by atoms with E-state index in [-0.39, 0.29) is 30.5 Å². The Hall–Kier alpha value is -1.08. The number of nitrogens with one attached hydrogen (secondary N) is 1. The topological polar surface area (TPSA) is 80.0 Å². The molecule has 2 rings (SSSR count). The van der Waals surface area contributed by atoms with Crippen molar-refractivity contribution in [1.82, 2.24) is 20.1 Å². The number of thioether (sulfide) groups is 1. The minimum atomic E-state index is -0.00124. The number of hydrogen-bond donors (Lipinski definition) is 2. The standard InChI is InChI=1S/C13H22N4O2S/c1-9(2)17-8-14-16-13(17)20-7-12(19)15-11-5-3-4-10(11)6-18/h8-11,18H,3-7H2,1-2H3,(H,15,19). The summed E-state index contributed by atoms with van der Waals surface area (Å²) in [5, 5.41) is 20.9. The molecule has 2 N–H and O–H groups in total. The molecule has 20 heavy (non-hydrogen) atoms. The predicted octanol–water partition coefficient (Wildman–Crippen LogP) is 1.23. The molecule has 1 amide bonds. The van der Waals surface area contributed by atoms with Crippen molar-refractivity contribution in [3.63, 3.8) is 0 Å². The Labute approximate surface area is 123 Å². The molecule has 2 atom stereocenters. The van der Waals surface area contributed by atoms with Gasteiger partial charge in [-0.15, -0.1) is 10.2 Å². The second-order valence-corrected chi connectivity index (χ2v) is 6.39. The van der Waals surface area contributed by atoms with Crippen molar-refractivity contribution in [1.29, 1.82) is 0 Å². The Morgan fingerprint density at radius 1 is 1.60 bits per heavy atom. The number of aliphatic hydroxyl groups excluding tert-OH is 1. The molecule has 0 spiro atoms. The van der Waals surface area contributed by atoms with E-state index in [0.29, 0.717) is 5.75 Å². The summed E-state index contributed by atoms with van der Waals surface area (Å²) in [4.78, 5) is 12.0. The average Bonchev–Trinajstić information content (AvgIpc) is 3.04. The van der Waals surface area contributed by atoms with Crippen LogP contribution in [0, 0.1) is 5.92 Å². The van der Waals surface area contributed by atoms with Crippen LogP contribution in [-0.2, 0) is 4.79 Å². The van der Waals surface area contributed by atoms with Crippen LogP contribution >= 0.6 is 11.8 Å². The summed E-state index contributed by atoms with van der Waals surface area (Å²) in [6.45, 7) is 4.26. The van der Waals surface area contributed by atoms with E-state index in [0.717, 1.165) is 24.4 Å². The van der Waals surface area contributed by atoms with Gasteiger partial charge < -0.3 is 15.0 Å². The summed E-state index contributed by atoms with van der Waals surface area (Å²) >= 11 is 1.40. The molecule has 1 saturated carbocycles. The Balaban J connectivity index is 1.81. The van der Waals surface area contributed by atoms with Crippen molar-refractivity contribution in [3.05, 3.63) is 6.33 Å². The van der Waals surface area contributed by atoms with Gasteiger partial charge in [-0.25, -0.2) is 0 Å². The predicted molar refractivity (Wildman–Crippen MR) is 77.5 cm³/mol. The second-order valence-electron chi connectivity index (χ2n) is 5.45. The Morgan fingerprint density at radius 2 is 2.40 bits per heavy atom. The molecule has 0 aliphatic heterocycles. The number of carbonyl (C=O) groups excluding carboxylic acids is 1. The summed E-state index contributed by atoms with van der Waals surface area (Å²) < 4.78 is 1.95. The molecule has 6 nitrogen and oxygen atoms in total. The van der Waals surface area contributed by atoms with Gasteiger partial charge in [0.2, 0.25) is 5.91 Å². The quantitative estimate of drug-likeness (QED) is 0.772. The van der Waals surface area contributed by atoms with Crippen LogP contribution in [0.1, 0.15) is 39.2 Å². The number of carbonyl (C=O) groups is 1. The molecule has 1 aromatic rings. The maximum atomic E-state index is 12.0. The van der Waals surface area contributed by atoms with Crippen LogP contribution < -0.4 is 5.32 Å². The lowest BCUT2D eigenvalue weighted by atomic mass is 10.1. The zero-order valence-corrected chi connectivity index (χ0v) is 12.8. The van der Waals surface area contributed by atoms with Gasteiger partial charge in [-0.1, -0.05) is 18.2 Å². The first kappa shape index (κ1) is 15.3. The molecule has 2 unspecified atom stereocenters. The first-order valence-electron chi connectivity index (χ1n) is 7.04. The van der Waals surface area contributed by atoms with Gasteiger partial charge in [-0.2, -0.15) is 0 Å². The first-order chi connectivity index (χ1) is 9.61. The highest BCUT2D eigenvalue weighted by atomic mass is 32.2. The fourth-order valence-electron chi connectivity index (χ4n) is 2.51. The Kier molecular flexibility index (Phi) is 5.42. The van der Waals surface area contributed by atoms with E-state index in [4.69, 9.17) is 0 Å². The SMILES string of the molecule is CC(C)n1cnnc1SCC(=O)NC1CCCC1CO. The van der Waals surface area contributed by atoms with E-state index in [1.807, 2.05) is 4.57 Å². The van der Waals surface area contributed by atoms with Crippen LogP contribution in [0.3, 0.4) is 0 Å². The van der Waals surface area contributed by atoms with Crippen LogP contribution in [-0.4, -0.2) is 44.2 Å². The highest BCUT2D eigenvalue weighted by Gasteiger charge is 2.27. The minimum Gasteiger partial charge on any atom is -0.396 e. The lowest BCUT2D eigenvalue weighted by Gasteiger charge is -2.18. The fourth-order valence-corrected chi connectivity index (χ4v) is 3.37. The molecule has 1 aromatic heterocycles. The highest BCUT2D eigenvalue weighted by molar-refractivity contribution is 7.99. The summed E-state index contributed by atoms with van der Waals surface area (Å²) in [6, 6.07) is 0.403. The van der Waals surface area contributed by atoms with Crippen LogP contribution in [0.15, 0.2) is 11.5 Å². The number of aliphatic hydroxyl groups is 1. The average molecular weight is 298 g/mol. The van der Waals surface area contributed by atoms with Gasteiger partial charge in [0.25, 0.3) is 0 Å². The van der Waals surface area contributed by atoms with Gasteiger partial charge in [0.1, 0.15) is 6.33 Å². The number of aromatic nitrogens is 3. The van der Waals surface area contributed by atoms with E-state index in [1.54, 1.807) is 6.33 Å². The molecule has 0 bridgehead atoms. The molecule has 0 saturated heterocycles. The molecule has 112 valence electrons. The normalized spacial score (nSPS) is 22.4. The Bertz CT molecular complexity index is 449. The number of nitrogens with zero attached hydrogens (tertiary/aromatic N) is 3. The van der Waals surface area contributed by atoms with E-state index >= 15 is 0 Å². The molecule has 1 fully saturated rings. The van der Waals surface area contributed by atoms with Crippen LogP contribution in [0.25, 0.3) is 0 Å². The number of amides is 1. The smallest absolute Gasteiger partial charge is 0.230 e. The summed E-state index contributed by atoms with van der Waals surface area (Å²) in [7, 11) is 0. The maximum absolute atomic E-state index is 12.0. The van der Waals surface area contributed by atoms with Crippen molar-refractivity contribution < 1.29 is 9.90 Å². The van der Waals surface area contributed by atoms with E-state index < -0.39 is 0 Å². The van der Waals surface area contributed by atoms with Crippen LogP contribution in [0.5, 0.6) is 0 Å². The number of rotatable bonds is 6. The summed E-state index contributed by atoms with van der Waals surface area (Å²) in [5.74, 6) is 0.544. The molecule has 0 aromatic carbocycles. The second kappa shape index (κ2) is 7.08. The van der Waals surface area contributed by atoms with Crippen molar-refractivity contribution in [2.45, 2.75) is 50.4 Å². The van der Waals surface area contributed by atoms with Crippen molar-refractivity contribution in [2.24, 2.45) is 5.92 Å². The Morgan fingerprint density at radius 3 is 3.10 bits per heavy atom. The van der Waals surface area contributed by atoms with E-state index in [2.05, 4.69) is 29.4 Å². The van der Waals surface area contributed by atoms with E-state index in [1.165, 1.54) is 11.8 Å². The molecule has 1 aliphatic rings. The van der Waals surface area contributed by atoms with Crippen LogP contribution in [0.4, 0.5) is 0 Å². The molecule has 1 aliphatic carbocycles. The van der Waals surface area contributed by atoms with Gasteiger partial charge in [0, 0.05) is 24.6 Å². The van der Waals surface area contributed by atoms with Gasteiger partial charge in [-0.3, -0.25) is 4.79 Å². The van der Waals surface area contributed by atoms with Crippen molar-refractivity contribution in [2.75, 3.05) is 12.4 Å². The zero-order chi connectivity index (χ0) is 14.5. The third kappa shape index (κ3) is 3.73. The first-order valence-corrected chi connectivity index (χ1v) is 8.03. The molecule has 0 radical (unpaired) electrons. The summed E-state index contributed by atoms with van der Waals surface area (Å²) in [5.41, 5.74) is 0. The molecule has 1 heterocycles. The molecular formula is C13H22N4O2S. The van der Waals surface area contributed by atoms with E-state index in [9.17, 15) is 9.90 Å². The van der Waals surface area contributed by atoms with Crippen molar-refractivity contribution >= 4 is 17.7 Å². The zero-order valence-electron chi connectivity index (χ0n) is 12.0. The maximum Gasteiger partial charge on any atom is 0.230 e. The molecule has 7 heteroatoms. The third-order valence-electron chi connectivity index (χ3n) is 3.67. The van der Waals surface area contributed by atoms with Gasteiger partial charge in [-0.05, 0) is 26.7 Å². The number of hydrogen-bond acceptors (Lipinski definition) is 5. The summed E-state index contributed by atoms with van der Waals surface area (Å²) in [6.07, 6.45) is 4.72. The van der Waals surface area contributed by atoms with Gasteiger partial charge in [0.05, 0.1) is 5.75 Å². The largest absolute Gasteiger partial charge is 0.396 e. The minimum absolute atomic E-state index is 0.00124. The highest BCUT2D eigenvalue weighted by Crippen LogP contribution is 2.25. The van der Waals surface area contributed by atoms with Gasteiger partial charge >= 0.3 is 0 Å². The monoisotopic (exact) mass is 298 g/mol.